The van der Waals surface area contributed by atoms with E-state index < -0.39 is 0 Å². The first-order valence-corrected chi connectivity index (χ1v) is 16.9. The van der Waals surface area contributed by atoms with E-state index in [1.54, 1.807) is 0 Å². The topological polar surface area (TPSA) is 48.0 Å². The third-order valence-electron chi connectivity index (χ3n) is 10.1. The van der Waals surface area contributed by atoms with Crippen molar-refractivity contribution in [2.24, 2.45) is 0 Å². The van der Waals surface area contributed by atoms with Crippen LogP contribution in [-0.2, 0) is 0 Å². The van der Waals surface area contributed by atoms with E-state index in [2.05, 4.69) is 167 Å². The van der Waals surface area contributed by atoms with Crippen LogP contribution in [-0.4, -0.2) is 23.9 Å². The molecule has 232 valence electrons. The molecular formula is C45H27N5. The summed E-state index contributed by atoms with van der Waals surface area (Å²) in [4.78, 5) is 16.0. The van der Waals surface area contributed by atoms with E-state index in [0.717, 1.165) is 49.4 Å². The predicted molar refractivity (Wildman–Crippen MR) is 205 cm³/mol. The van der Waals surface area contributed by atoms with Crippen LogP contribution in [0.2, 0.25) is 0 Å². The third-order valence-corrected chi connectivity index (χ3v) is 10.1. The molecule has 0 aliphatic rings. The van der Waals surface area contributed by atoms with Crippen LogP contribution < -0.4 is 0 Å². The molecule has 50 heavy (non-hydrogen) atoms. The summed E-state index contributed by atoms with van der Waals surface area (Å²) in [5.41, 5.74) is 9.79. The zero-order valence-electron chi connectivity index (χ0n) is 26.8. The van der Waals surface area contributed by atoms with E-state index in [4.69, 9.17) is 15.0 Å². The number of hydrogen-bond donors (Lipinski definition) is 0. The first-order chi connectivity index (χ1) is 24.8. The Labute approximate surface area is 286 Å². The lowest BCUT2D eigenvalue weighted by Crippen LogP contribution is -2.07. The zero-order chi connectivity index (χ0) is 32.8. The van der Waals surface area contributed by atoms with E-state index in [1.807, 2.05) is 6.07 Å². The molecule has 5 nitrogen and oxygen atoms in total. The molecule has 0 aliphatic heterocycles. The fraction of sp³-hybridized carbons (Fsp3) is 0. The molecule has 0 spiro atoms. The zero-order valence-corrected chi connectivity index (χ0v) is 26.8. The van der Waals surface area contributed by atoms with Crippen LogP contribution in [0.4, 0.5) is 0 Å². The summed E-state index contributed by atoms with van der Waals surface area (Å²) >= 11 is 0. The summed E-state index contributed by atoms with van der Waals surface area (Å²) in [5, 5.41) is 7.12. The van der Waals surface area contributed by atoms with E-state index in [1.165, 1.54) is 32.7 Å². The standard InChI is InChI=1S/C45H27N5/c1-2-14-28(15-3-1)29-16-4-5-20-34(29)43-46-44(48-45(47-43)50-38-23-11-6-17-30(38)31-18-7-12-24-39(31)50)36-27-26-33-32-19-8-10-22-37(32)49-40-25-13-9-21-35(40)41(36)42(33)49/h1-27H. The van der Waals surface area contributed by atoms with E-state index >= 15 is 0 Å². The lowest BCUT2D eigenvalue weighted by molar-refractivity contribution is 0.954. The van der Waals surface area contributed by atoms with Gasteiger partial charge < -0.3 is 4.40 Å². The monoisotopic (exact) mass is 637 g/mol. The normalized spacial score (nSPS) is 12.0. The van der Waals surface area contributed by atoms with Crippen molar-refractivity contribution in [3.8, 4) is 39.9 Å². The molecule has 0 unspecified atom stereocenters. The van der Waals surface area contributed by atoms with Gasteiger partial charge in [-0.3, -0.25) is 4.57 Å². The molecule has 7 aromatic carbocycles. The number of para-hydroxylation sites is 4. The Morgan fingerprint density at radius 1 is 0.340 bits per heavy atom. The van der Waals surface area contributed by atoms with Crippen molar-refractivity contribution in [2.45, 2.75) is 0 Å². The minimum absolute atomic E-state index is 0.587. The highest BCUT2D eigenvalue weighted by Gasteiger charge is 2.24. The van der Waals surface area contributed by atoms with Crippen LogP contribution in [0.1, 0.15) is 0 Å². The molecule has 0 N–H and O–H groups in total. The number of rotatable bonds is 4. The van der Waals surface area contributed by atoms with Gasteiger partial charge in [-0.1, -0.05) is 133 Å². The molecule has 4 heterocycles. The van der Waals surface area contributed by atoms with Crippen LogP contribution in [0.25, 0.3) is 99.8 Å². The van der Waals surface area contributed by atoms with Crippen LogP contribution in [0.5, 0.6) is 0 Å². The SMILES string of the molecule is c1ccc(-c2ccccc2-c2nc(-c3ccc4c5ccccc5n5c6ccccc6c3c45)nc(-n3c4ccccc4c4ccccc43)n2)cc1. The van der Waals surface area contributed by atoms with E-state index in [9.17, 15) is 0 Å². The van der Waals surface area contributed by atoms with Crippen LogP contribution in [0.15, 0.2) is 164 Å². The maximum Gasteiger partial charge on any atom is 0.238 e. The maximum absolute atomic E-state index is 5.37. The average molecular weight is 638 g/mol. The largest absolute Gasteiger partial charge is 0.308 e. The van der Waals surface area contributed by atoms with Crippen molar-refractivity contribution in [3.63, 3.8) is 0 Å². The molecule has 0 radical (unpaired) electrons. The van der Waals surface area contributed by atoms with Crippen LogP contribution >= 0.6 is 0 Å². The van der Waals surface area contributed by atoms with Crippen molar-refractivity contribution in [3.05, 3.63) is 164 Å². The van der Waals surface area contributed by atoms with Crippen molar-refractivity contribution < 1.29 is 0 Å². The molecule has 5 heteroatoms. The average Bonchev–Trinajstić information content (AvgIpc) is 3.83. The number of fused-ring (bicyclic) bond motifs is 9. The molecule has 11 rings (SSSR count). The summed E-state index contributed by atoms with van der Waals surface area (Å²) in [5.74, 6) is 1.86. The van der Waals surface area contributed by atoms with Crippen LogP contribution in [0.3, 0.4) is 0 Å². The molecule has 0 atom stereocenters. The Morgan fingerprint density at radius 3 is 1.52 bits per heavy atom. The van der Waals surface area contributed by atoms with Crippen molar-refractivity contribution in [2.75, 3.05) is 0 Å². The molecule has 0 fully saturated rings. The summed E-state index contributed by atoms with van der Waals surface area (Å²) in [6.45, 7) is 0. The van der Waals surface area contributed by atoms with Gasteiger partial charge in [-0.2, -0.15) is 9.97 Å². The number of hydrogen-bond acceptors (Lipinski definition) is 3. The van der Waals surface area contributed by atoms with Gasteiger partial charge in [-0.15, -0.1) is 0 Å². The van der Waals surface area contributed by atoms with Gasteiger partial charge in [-0.05, 0) is 41.5 Å². The Bertz CT molecular complexity index is 3040. The molecule has 0 saturated heterocycles. The molecule has 4 aromatic heterocycles. The second kappa shape index (κ2) is 10.3. The Hall–Kier alpha value is -6.85. The molecule has 0 bridgehead atoms. The second-order valence-electron chi connectivity index (χ2n) is 12.8. The van der Waals surface area contributed by atoms with Gasteiger partial charge in [0.25, 0.3) is 0 Å². The summed E-state index contributed by atoms with van der Waals surface area (Å²) < 4.78 is 4.59. The smallest absolute Gasteiger partial charge is 0.238 e. The maximum atomic E-state index is 5.37. The number of benzene rings is 7. The predicted octanol–water partition coefficient (Wildman–Crippen LogP) is 11.1. The minimum Gasteiger partial charge on any atom is -0.308 e. The summed E-state index contributed by atoms with van der Waals surface area (Å²) in [6.07, 6.45) is 0. The molecule has 0 saturated carbocycles. The molecular weight excluding hydrogens is 611 g/mol. The van der Waals surface area contributed by atoms with Gasteiger partial charge in [0.05, 0.1) is 27.6 Å². The first-order valence-electron chi connectivity index (χ1n) is 16.9. The lowest BCUT2D eigenvalue weighted by atomic mass is 9.99. The first kappa shape index (κ1) is 27.1. The minimum atomic E-state index is 0.587. The van der Waals surface area contributed by atoms with Gasteiger partial charge in [0, 0.05) is 43.4 Å². The van der Waals surface area contributed by atoms with Crippen molar-refractivity contribution >= 4 is 59.9 Å². The summed E-state index contributed by atoms with van der Waals surface area (Å²) in [7, 11) is 0. The highest BCUT2D eigenvalue weighted by molar-refractivity contribution is 6.26. The Kier molecular flexibility index (Phi) is 5.60. The van der Waals surface area contributed by atoms with E-state index in [-0.39, 0.29) is 0 Å². The quantitative estimate of drug-likeness (QED) is 0.193. The highest BCUT2D eigenvalue weighted by Crippen LogP contribution is 2.43. The van der Waals surface area contributed by atoms with Crippen molar-refractivity contribution in [1.29, 1.82) is 0 Å². The van der Waals surface area contributed by atoms with Crippen LogP contribution in [0, 0.1) is 0 Å². The number of nitrogens with zero attached hydrogens (tertiary/aromatic N) is 5. The van der Waals surface area contributed by atoms with Gasteiger partial charge in [-0.25, -0.2) is 4.98 Å². The second-order valence-corrected chi connectivity index (χ2v) is 12.8. The third kappa shape index (κ3) is 3.74. The lowest BCUT2D eigenvalue weighted by Gasteiger charge is -2.14. The summed E-state index contributed by atoms with van der Waals surface area (Å²) in [6, 6.07) is 57.6. The van der Waals surface area contributed by atoms with Gasteiger partial charge in [0.2, 0.25) is 5.95 Å². The molecule has 11 aromatic rings. The highest BCUT2D eigenvalue weighted by atomic mass is 15.2. The fourth-order valence-electron chi connectivity index (χ4n) is 8.04. The Balaban J connectivity index is 1.28. The Morgan fingerprint density at radius 2 is 0.840 bits per heavy atom. The fourth-order valence-corrected chi connectivity index (χ4v) is 8.04. The molecule has 0 aliphatic carbocycles. The van der Waals surface area contributed by atoms with Gasteiger partial charge >= 0.3 is 0 Å². The number of aromatic nitrogens is 5. The van der Waals surface area contributed by atoms with Gasteiger partial charge in [0.1, 0.15) is 0 Å². The molecule has 0 amide bonds. The van der Waals surface area contributed by atoms with Crippen molar-refractivity contribution in [1.82, 2.24) is 23.9 Å². The van der Waals surface area contributed by atoms with E-state index in [0.29, 0.717) is 17.6 Å². The van der Waals surface area contributed by atoms with Gasteiger partial charge in [0.15, 0.2) is 11.6 Å².